The number of hydrogen-bond donors (Lipinski definition) is 3. The van der Waals surface area contributed by atoms with E-state index in [2.05, 4.69) is 27.6 Å². The maximum atomic E-state index is 11.1. The fourth-order valence-corrected chi connectivity index (χ4v) is 3.09. The van der Waals surface area contributed by atoms with E-state index in [-0.39, 0.29) is 5.56 Å². The van der Waals surface area contributed by atoms with Gasteiger partial charge in [-0.3, -0.25) is 15.0 Å². The second-order valence-corrected chi connectivity index (χ2v) is 5.99. The first kappa shape index (κ1) is 14.0. The van der Waals surface area contributed by atoms with Crippen molar-refractivity contribution < 1.29 is 0 Å². The number of aromatic amines is 2. The molecule has 112 valence electrons. The van der Waals surface area contributed by atoms with Gasteiger partial charge in [0.05, 0.1) is 5.69 Å². The van der Waals surface area contributed by atoms with Gasteiger partial charge in [0.2, 0.25) is 0 Å². The molecule has 3 N–H and O–H groups in total. The molecule has 1 aliphatic rings. The van der Waals surface area contributed by atoms with Crippen molar-refractivity contribution in [1.82, 2.24) is 10.2 Å². The van der Waals surface area contributed by atoms with Crippen LogP contribution in [-0.4, -0.2) is 16.7 Å². The minimum Gasteiger partial charge on any atom is -0.385 e. The van der Waals surface area contributed by atoms with Crippen LogP contribution in [0.25, 0.3) is 11.3 Å². The Morgan fingerprint density at radius 2 is 1.71 bits per heavy atom. The number of benzene rings is 1. The Balaban J connectivity index is 1.58. The molecule has 0 bridgehead atoms. The summed E-state index contributed by atoms with van der Waals surface area (Å²) in [5, 5.41) is 8.98. The van der Waals surface area contributed by atoms with Gasteiger partial charge in [0.25, 0.3) is 5.56 Å². The molecule has 1 aliphatic carbocycles. The summed E-state index contributed by atoms with van der Waals surface area (Å²) in [5.74, 6) is 0.813. The zero-order valence-electron chi connectivity index (χ0n) is 12.3. The van der Waals surface area contributed by atoms with Crippen LogP contribution in [0.1, 0.15) is 38.5 Å². The first-order chi connectivity index (χ1) is 10.3. The Bertz CT molecular complexity index is 603. The first-order valence-corrected chi connectivity index (χ1v) is 7.93. The predicted octanol–water partition coefficient (Wildman–Crippen LogP) is 3.75. The molecule has 4 heteroatoms. The Kier molecular flexibility index (Phi) is 4.43. The van der Waals surface area contributed by atoms with E-state index < -0.39 is 0 Å². The van der Waals surface area contributed by atoms with Crippen molar-refractivity contribution in [2.75, 3.05) is 11.9 Å². The van der Waals surface area contributed by atoms with Gasteiger partial charge in [-0.2, -0.15) is 0 Å². The van der Waals surface area contributed by atoms with Gasteiger partial charge in [0.15, 0.2) is 0 Å². The lowest BCUT2D eigenvalue weighted by Crippen LogP contribution is -2.13. The van der Waals surface area contributed by atoms with Gasteiger partial charge in [-0.05, 0) is 36.5 Å². The fraction of sp³-hybridized carbons (Fsp3) is 0.471. The van der Waals surface area contributed by atoms with Gasteiger partial charge in [0, 0.05) is 18.3 Å². The van der Waals surface area contributed by atoms with Crippen molar-refractivity contribution in [2.45, 2.75) is 38.5 Å². The SMILES string of the molecule is O=c1cc(-c2ccc(NCC3CCCCCC3)cc2)[nH][nH]1. The maximum Gasteiger partial charge on any atom is 0.264 e. The average Bonchev–Trinajstić information content (AvgIpc) is 2.78. The lowest BCUT2D eigenvalue weighted by molar-refractivity contribution is 0.483. The van der Waals surface area contributed by atoms with Crippen molar-refractivity contribution in [3.8, 4) is 11.3 Å². The standard InChI is InChI=1S/C17H23N3O/c21-17-11-16(19-20-17)14-7-9-15(10-8-14)18-12-13-5-3-1-2-4-6-13/h7-11,13,18H,1-6,12H2,(H2,19,20,21). The van der Waals surface area contributed by atoms with E-state index >= 15 is 0 Å². The van der Waals surface area contributed by atoms with E-state index in [0.717, 1.165) is 29.4 Å². The predicted molar refractivity (Wildman–Crippen MR) is 86.5 cm³/mol. The number of hydrogen-bond acceptors (Lipinski definition) is 2. The van der Waals surface area contributed by atoms with Crippen LogP contribution in [0.15, 0.2) is 35.1 Å². The molecule has 0 radical (unpaired) electrons. The lowest BCUT2D eigenvalue weighted by Gasteiger charge is -2.15. The number of aromatic nitrogens is 2. The number of anilines is 1. The molecule has 0 unspecified atom stereocenters. The number of H-pyrrole nitrogens is 2. The fourth-order valence-electron chi connectivity index (χ4n) is 3.09. The highest BCUT2D eigenvalue weighted by Gasteiger charge is 2.11. The van der Waals surface area contributed by atoms with Gasteiger partial charge < -0.3 is 5.32 Å². The van der Waals surface area contributed by atoms with Gasteiger partial charge in [0.1, 0.15) is 0 Å². The van der Waals surface area contributed by atoms with Crippen molar-refractivity contribution >= 4 is 5.69 Å². The van der Waals surface area contributed by atoms with Crippen LogP contribution in [0.2, 0.25) is 0 Å². The molecule has 0 spiro atoms. The van der Waals surface area contributed by atoms with Crippen LogP contribution in [0.3, 0.4) is 0 Å². The van der Waals surface area contributed by atoms with Gasteiger partial charge in [-0.15, -0.1) is 0 Å². The third kappa shape index (κ3) is 3.78. The highest BCUT2D eigenvalue weighted by Crippen LogP contribution is 2.24. The highest BCUT2D eigenvalue weighted by atomic mass is 16.1. The summed E-state index contributed by atoms with van der Waals surface area (Å²) in [6, 6.07) is 9.81. The molecule has 0 aliphatic heterocycles. The maximum absolute atomic E-state index is 11.1. The Morgan fingerprint density at radius 3 is 2.33 bits per heavy atom. The number of nitrogens with one attached hydrogen (secondary N) is 3. The third-order valence-electron chi connectivity index (χ3n) is 4.36. The Morgan fingerprint density at radius 1 is 1.00 bits per heavy atom. The summed E-state index contributed by atoms with van der Waals surface area (Å²) >= 11 is 0. The summed E-state index contributed by atoms with van der Waals surface area (Å²) in [5.41, 5.74) is 2.91. The van der Waals surface area contributed by atoms with Crippen LogP contribution >= 0.6 is 0 Å². The Labute approximate surface area is 125 Å². The molecule has 1 heterocycles. The van der Waals surface area contributed by atoms with Crippen LogP contribution in [-0.2, 0) is 0 Å². The summed E-state index contributed by atoms with van der Waals surface area (Å²) in [7, 11) is 0. The van der Waals surface area contributed by atoms with E-state index in [4.69, 9.17) is 0 Å². The van der Waals surface area contributed by atoms with E-state index in [1.165, 1.54) is 38.5 Å². The van der Waals surface area contributed by atoms with Gasteiger partial charge in [-0.1, -0.05) is 37.8 Å². The lowest BCUT2D eigenvalue weighted by atomic mass is 10.0. The van der Waals surface area contributed by atoms with Crippen molar-refractivity contribution in [1.29, 1.82) is 0 Å². The van der Waals surface area contributed by atoms with Crippen LogP contribution in [0.5, 0.6) is 0 Å². The molecule has 1 aromatic heterocycles. The minimum atomic E-state index is -0.0967. The van der Waals surface area contributed by atoms with E-state index in [9.17, 15) is 4.79 Å². The molecule has 0 atom stereocenters. The van der Waals surface area contributed by atoms with Crippen molar-refractivity contribution in [3.05, 3.63) is 40.7 Å². The zero-order chi connectivity index (χ0) is 14.5. The smallest absolute Gasteiger partial charge is 0.264 e. The summed E-state index contributed by atoms with van der Waals surface area (Å²) < 4.78 is 0. The normalized spacial score (nSPS) is 16.6. The number of rotatable bonds is 4. The zero-order valence-corrected chi connectivity index (χ0v) is 12.3. The van der Waals surface area contributed by atoms with Gasteiger partial charge >= 0.3 is 0 Å². The van der Waals surface area contributed by atoms with Crippen LogP contribution in [0.4, 0.5) is 5.69 Å². The summed E-state index contributed by atoms with van der Waals surface area (Å²) in [4.78, 5) is 11.1. The molecule has 4 nitrogen and oxygen atoms in total. The molecular formula is C17H23N3O. The van der Waals surface area contributed by atoms with E-state index in [1.807, 2.05) is 12.1 Å². The third-order valence-corrected chi connectivity index (χ3v) is 4.36. The van der Waals surface area contributed by atoms with E-state index in [1.54, 1.807) is 6.07 Å². The second-order valence-electron chi connectivity index (χ2n) is 5.99. The highest BCUT2D eigenvalue weighted by molar-refractivity contribution is 5.62. The molecule has 1 fully saturated rings. The molecule has 0 saturated heterocycles. The largest absolute Gasteiger partial charge is 0.385 e. The monoisotopic (exact) mass is 285 g/mol. The second kappa shape index (κ2) is 6.66. The van der Waals surface area contributed by atoms with Gasteiger partial charge in [-0.25, -0.2) is 0 Å². The topological polar surface area (TPSA) is 60.7 Å². The molecule has 21 heavy (non-hydrogen) atoms. The Hall–Kier alpha value is -1.97. The van der Waals surface area contributed by atoms with Crippen LogP contribution < -0.4 is 10.9 Å². The van der Waals surface area contributed by atoms with Crippen LogP contribution in [0, 0.1) is 5.92 Å². The summed E-state index contributed by atoms with van der Waals surface area (Å²) in [6.07, 6.45) is 8.28. The molecule has 0 amide bonds. The molecular weight excluding hydrogens is 262 g/mol. The molecule has 2 aromatic rings. The molecule has 1 saturated carbocycles. The average molecular weight is 285 g/mol. The quantitative estimate of drug-likeness (QED) is 0.749. The van der Waals surface area contributed by atoms with Crippen molar-refractivity contribution in [3.63, 3.8) is 0 Å². The molecule has 1 aromatic carbocycles. The minimum absolute atomic E-state index is 0.0967. The first-order valence-electron chi connectivity index (χ1n) is 7.93. The molecule has 3 rings (SSSR count). The summed E-state index contributed by atoms with van der Waals surface area (Å²) in [6.45, 7) is 1.07. The van der Waals surface area contributed by atoms with Crippen molar-refractivity contribution in [2.24, 2.45) is 5.92 Å². The van der Waals surface area contributed by atoms with E-state index in [0.29, 0.717) is 0 Å².